The van der Waals surface area contributed by atoms with Crippen LogP contribution in [-0.2, 0) is 20.9 Å². The predicted octanol–water partition coefficient (Wildman–Crippen LogP) is 7.39. The van der Waals surface area contributed by atoms with E-state index in [2.05, 4.69) is 78.3 Å². The highest BCUT2D eigenvalue weighted by Gasteiger charge is 2.38. The molecule has 1 aliphatic carbocycles. The van der Waals surface area contributed by atoms with Crippen LogP contribution in [0.1, 0.15) is 90.5 Å². The van der Waals surface area contributed by atoms with Crippen LogP contribution in [0.4, 0.5) is 0 Å². The monoisotopic (exact) mass is 481 g/mol. The van der Waals surface area contributed by atoms with Gasteiger partial charge in [-0.25, -0.2) is 13.1 Å². The summed E-state index contributed by atoms with van der Waals surface area (Å²) in [6.07, 6.45) is 2.01. The number of hydrogen-bond donors (Lipinski definition) is 1. The molecule has 1 saturated carbocycles. The average molecular weight is 482 g/mol. The van der Waals surface area contributed by atoms with Crippen molar-refractivity contribution in [3.05, 3.63) is 70.3 Å². The fourth-order valence-electron chi connectivity index (χ4n) is 4.49. The second-order valence-corrected chi connectivity index (χ2v) is 14.0. The molecule has 2 aromatic carbocycles. The van der Waals surface area contributed by atoms with E-state index in [1.165, 1.54) is 27.8 Å². The molecule has 0 spiro atoms. The summed E-state index contributed by atoms with van der Waals surface area (Å²) in [6.45, 7) is 20.6. The SMILES string of the molecule is C/C(=C(/C)C1CC1CCNS(=O)(=O)c1ccc(C)cc1)c1cc(C(C)(C)C)cc(C(C)(C)C)c1. The quantitative estimate of drug-likeness (QED) is 0.448. The zero-order chi connectivity index (χ0) is 25.5. The number of benzene rings is 2. The molecule has 2 aromatic rings. The van der Waals surface area contributed by atoms with Crippen LogP contribution in [-0.4, -0.2) is 15.0 Å². The highest BCUT2D eigenvalue weighted by molar-refractivity contribution is 7.89. The molecule has 34 heavy (non-hydrogen) atoms. The Morgan fingerprint density at radius 3 is 1.94 bits per heavy atom. The van der Waals surface area contributed by atoms with Crippen molar-refractivity contribution in [3.63, 3.8) is 0 Å². The second-order valence-electron chi connectivity index (χ2n) is 12.2. The summed E-state index contributed by atoms with van der Waals surface area (Å²) in [7, 11) is -3.44. The molecule has 1 aliphatic rings. The summed E-state index contributed by atoms with van der Waals surface area (Å²) in [5, 5.41) is 0. The Kier molecular flexibility index (Phi) is 7.55. The molecular formula is C30H43NO2S. The lowest BCUT2D eigenvalue weighted by molar-refractivity contribution is 0.568. The third-order valence-corrected chi connectivity index (χ3v) is 8.78. The van der Waals surface area contributed by atoms with Crippen LogP contribution in [0.25, 0.3) is 5.57 Å². The summed E-state index contributed by atoms with van der Waals surface area (Å²) in [5.74, 6) is 1.09. The Morgan fingerprint density at radius 1 is 0.912 bits per heavy atom. The second kappa shape index (κ2) is 9.62. The van der Waals surface area contributed by atoms with E-state index in [1.54, 1.807) is 12.1 Å². The molecule has 0 bridgehead atoms. The lowest BCUT2D eigenvalue weighted by Gasteiger charge is -2.26. The first kappa shape index (κ1) is 26.7. The Morgan fingerprint density at radius 2 is 1.44 bits per heavy atom. The molecule has 0 saturated heterocycles. The first-order valence-electron chi connectivity index (χ1n) is 12.5. The maximum Gasteiger partial charge on any atom is 0.240 e. The summed E-state index contributed by atoms with van der Waals surface area (Å²) in [5.41, 5.74) is 8.13. The Hall–Kier alpha value is -1.91. The Balaban J connectivity index is 1.70. The summed E-state index contributed by atoms with van der Waals surface area (Å²) in [6, 6.07) is 14.1. The van der Waals surface area contributed by atoms with Gasteiger partial charge in [0.1, 0.15) is 0 Å². The third-order valence-electron chi connectivity index (χ3n) is 7.31. The largest absolute Gasteiger partial charge is 0.240 e. The van der Waals surface area contributed by atoms with Gasteiger partial charge in [0.2, 0.25) is 10.0 Å². The average Bonchev–Trinajstić information content (AvgIpc) is 3.50. The molecule has 3 nitrogen and oxygen atoms in total. The fraction of sp³-hybridized carbons (Fsp3) is 0.533. The highest BCUT2D eigenvalue weighted by atomic mass is 32.2. The van der Waals surface area contributed by atoms with Crippen molar-refractivity contribution >= 4 is 15.6 Å². The van der Waals surface area contributed by atoms with Gasteiger partial charge in [0, 0.05) is 6.54 Å². The van der Waals surface area contributed by atoms with Crippen molar-refractivity contribution in [2.75, 3.05) is 6.54 Å². The van der Waals surface area contributed by atoms with E-state index in [1.807, 2.05) is 19.1 Å². The van der Waals surface area contributed by atoms with Crippen LogP contribution in [0.2, 0.25) is 0 Å². The number of sulfonamides is 1. The van der Waals surface area contributed by atoms with Crippen LogP contribution >= 0.6 is 0 Å². The van der Waals surface area contributed by atoms with Crippen molar-refractivity contribution in [1.29, 1.82) is 0 Å². The van der Waals surface area contributed by atoms with Gasteiger partial charge in [-0.1, -0.05) is 83.0 Å². The molecular weight excluding hydrogens is 438 g/mol. The number of allylic oxidation sites excluding steroid dienone is 2. The lowest BCUT2D eigenvalue weighted by atomic mass is 9.78. The zero-order valence-corrected chi connectivity index (χ0v) is 23.4. The fourth-order valence-corrected chi connectivity index (χ4v) is 5.54. The van der Waals surface area contributed by atoms with Crippen LogP contribution in [0.15, 0.2) is 52.9 Å². The zero-order valence-electron chi connectivity index (χ0n) is 22.5. The first-order chi connectivity index (χ1) is 15.6. The van der Waals surface area contributed by atoms with E-state index in [4.69, 9.17) is 0 Å². The Labute approximate surface area is 208 Å². The van der Waals surface area contributed by atoms with Gasteiger partial charge in [-0.3, -0.25) is 0 Å². The van der Waals surface area contributed by atoms with Gasteiger partial charge in [0.25, 0.3) is 0 Å². The highest BCUT2D eigenvalue weighted by Crippen LogP contribution is 2.48. The minimum Gasteiger partial charge on any atom is -0.211 e. The molecule has 2 atom stereocenters. The van der Waals surface area contributed by atoms with Gasteiger partial charge in [-0.15, -0.1) is 0 Å². The van der Waals surface area contributed by atoms with E-state index in [9.17, 15) is 8.42 Å². The molecule has 1 fully saturated rings. The van der Waals surface area contributed by atoms with Crippen molar-refractivity contribution in [3.8, 4) is 0 Å². The number of rotatable bonds is 7. The maximum absolute atomic E-state index is 12.6. The van der Waals surface area contributed by atoms with Crippen molar-refractivity contribution in [1.82, 2.24) is 4.72 Å². The minimum absolute atomic E-state index is 0.0981. The smallest absolute Gasteiger partial charge is 0.211 e. The summed E-state index contributed by atoms with van der Waals surface area (Å²) in [4.78, 5) is 0.339. The lowest BCUT2D eigenvalue weighted by Crippen LogP contribution is -2.25. The van der Waals surface area contributed by atoms with Gasteiger partial charge >= 0.3 is 0 Å². The van der Waals surface area contributed by atoms with Crippen LogP contribution in [0.5, 0.6) is 0 Å². The molecule has 2 unspecified atom stereocenters. The summed E-state index contributed by atoms with van der Waals surface area (Å²) < 4.78 is 27.9. The van der Waals surface area contributed by atoms with Crippen molar-refractivity contribution < 1.29 is 8.42 Å². The molecule has 186 valence electrons. The van der Waals surface area contributed by atoms with Gasteiger partial charge in [-0.2, -0.15) is 0 Å². The van der Waals surface area contributed by atoms with E-state index in [0.717, 1.165) is 18.4 Å². The van der Waals surface area contributed by atoms with Gasteiger partial charge in [0.15, 0.2) is 0 Å². The van der Waals surface area contributed by atoms with Gasteiger partial charge in [-0.05, 0) is 90.7 Å². The van der Waals surface area contributed by atoms with Crippen LogP contribution < -0.4 is 4.72 Å². The van der Waals surface area contributed by atoms with Gasteiger partial charge < -0.3 is 0 Å². The number of nitrogens with one attached hydrogen (secondary N) is 1. The third kappa shape index (κ3) is 6.40. The molecule has 0 aliphatic heterocycles. The Bertz CT molecular complexity index is 1130. The maximum atomic E-state index is 12.6. The number of hydrogen-bond acceptors (Lipinski definition) is 2. The molecule has 0 radical (unpaired) electrons. The van der Waals surface area contributed by atoms with Crippen molar-refractivity contribution in [2.45, 2.75) is 90.9 Å². The standard InChI is InChI=1S/C30H43NO2S/c1-20-10-12-27(13-11-20)34(32,33)31-15-14-23-18-28(23)22(3)21(2)24-16-25(29(4,5)6)19-26(17-24)30(7,8)9/h10-13,16-17,19,23,28,31H,14-15,18H2,1-9H3/b22-21+. The molecule has 1 N–H and O–H groups in total. The molecule has 4 heteroatoms. The molecule has 0 aromatic heterocycles. The normalized spacial score (nSPS) is 19.7. The minimum atomic E-state index is -3.44. The first-order valence-corrected chi connectivity index (χ1v) is 14.0. The van der Waals surface area contributed by atoms with Gasteiger partial charge in [0.05, 0.1) is 4.90 Å². The van der Waals surface area contributed by atoms with Crippen LogP contribution in [0.3, 0.4) is 0 Å². The van der Waals surface area contributed by atoms with E-state index < -0.39 is 10.0 Å². The molecule has 3 rings (SSSR count). The van der Waals surface area contributed by atoms with Crippen LogP contribution in [0, 0.1) is 18.8 Å². The van der Waals surface area contributed by atoms with Crippen molar-refractivity contribution in [2.24, 2.45) is 11.8 Å². The molecule has 0 heterocycles. The number of aryl methyl sites for hydroxylation is 1. The topological polar surface area (TPSA) is 46.2 Å². The van der Waals surface area contributed by atoms with E-state index in [-0.39, 0.29) is 10.8 Å². The van der Waals surface area contributed by atoms with E-state index >= 15 is 0 Å². The predicted molar refractivity (Wildman–Crippen MR) is 145 cm³/mol. The molecule has 0 amide bonds. The summed E-state index contributed by atoms with van der Waals surface area (Å²) >= 11 is 0. The van der Waals surface area contributed by atoms with E-state index in [0.29, 0.717) is 23.3 Å².